The fourth-order valence-corrected chi connectivity index (χ4v) is 11.1. The topological polar surface area (TPSA) is 167 Å². The summed E-state index contributed by atoms with van der Waals surface area (Å²) in [5.74, 6) is 2.90. The van der Waals surface area contributed by atoms with Gasteiger partial charge in [0.15, 0.2) is 0 Å². The Labute approximate surface area is 397 Å². The number of halogens is 3. The smallest absolute Gasteiger partial charge is 0.255 e. The Kier molecular flexibility index (Phi) is 13.2. The Balaban J connectivity index is 0.769. The Morgan fingerprint density at radius 2 is 1.70 bits per heavy atom. The number of rotatable bonds is 12. The first-order chi connectivity index (χ1) is 32.4. The van der Waals surface area contributed by atoms with Crippen LogP contribution in [0.1, 0.15) is 93.8 Å². The fourth-order valence-electron chi connectivity index (χ4n) is 10.7. The van der Waals surface area contributed by atoms with Crippen LogP contribution in [0.5, 0.6) is 0 Å². The van der Waals surface area contributed by atoms with Crippen molar-refractivity contribution in [1.82, 2.24) is 20.9 Å². The van der Waals surface area contributed by atoms with Gasteiger partial charge in [0.2, 0.25) is 17.7 Å². The zero-order valence-corrected chi connectivity index (χ0v) is 38.1. The highest BCUT2D eigenvalue weighted by Crippen LogP contribution is 2.63. The van der Waals surface area contributed by atoms with Gasteiger partial charge < -0.3 is 35.6 Å². The first kappa shape index (κ1) is 46.0. The third kappa shape index (κ3) is 8.60. The molecule has 5 aliphatic rings. The Bertz CT molecular complexity index is 2730. The minimum Gasteiger partial charge on any atom is -0.377 e. The number of amides is 5. The molecule has 5 N–H and O–H groups in total. The molecule has 9 rings (SSSR count). The van der Waals surface area contributed by atoms with Crippen LogP contribution >= 0.6 is 23.2 Å². The normalized spacial score (nSPS) is 22.5. The summed E-state index contributed by atoms with van der Waals surface area (Å²) in [5, 5.41) is 15.5. The number of piperidine rings is 1. The third-order valence-corrected chi connectivity index (χ3v) is 14.2. The first-order valence-corrected chi connectivity index (χ1v) is 23.3. The number of carbonyl (C=O) groups is 5. The van der Waals surface area contributed by atoms with Crippen LogP contribution < -0.4 is 26.6 Å². The van der Waals surface area contributed by atoms with Gasteiger partial charge >= 0.3 is 0 Å². The minimum absolute atomic E-state index is 0.111. The molecule has 2 saturated heterocycles. The van der Waals surface area contributed by atoms with Gasteiger partial charge in [-0.1, -0.05) is 85.1 Å². The van der Waals surface area contributed by atoms with Gasteiger partial charge in [0.25, 0.3) is 11.8 Å². The number of carbonyl (C=O) groups excluding carboxylic acids is 5. The minimum atomic E-state index is -1.36. The summed E-state index contributed by atoms with van der Waals surface area (Å²) in [7, 11) is 0. The second-order valence-electron chi connectivity index (χ2n) is 17.5. The molecule has 4 aliphatic heterocycles. The van der Waals surface area contributed by atoms with Crippen molar-refractivity contribution in [2.45, 2.75) is 80.4 Å². The van der Waals surface area contributed by atoms with Crippen LogP contribution in [0, 0.1) is 17.7 Å². The van der Waals surface area contributed by atoms with Crippen LogP contribution in [0.3, 0.4) is 0 Å². The van der Waals surface area contributed by atoms with Crippen molar-refractivity contribution in [2.24, 2.45) is 0 Å². The number of fused-ring (bicyclic) bond motifs is 4. The van der Waals surface area contributed by atoms with E-state index < -0.39 is 40.7 Å². The lowest BCUT2D eigenvalue weighted by atomic mass is 9.55. The molecule has 4 aromatic carbocycles. The maximum absolute atomic E-state index is 16.2. The van der Waals surface area contributed by atoms with Crippen LogP contribution in [0.2, 0.25) is 10.0 Å². The van der Waals surface area contributed by atoms with Crippen LogP contribution in [0.15, 0.2) is 91.1 Å². The SMILES string of the molecule is C=C1CCC(N2Cc3c(C#CCOCCOCCNC(=O)c4ccc(NC(=O)[C@@H]5NC6(CCCCC6)[C@@]6(C(=O)Nc7cc(Cl)ccc76)[C@H]5c5cccc(Cl)c5F)cc4)cccc3C2=O)C(=O)N1. The first-order valence-electron chi connectivity index (χ1n) is 22.5. The second-order valence-corrected chi connectivity index (χ2v) is 18.4. The van der Waals surface area contributed by atoms with Crippen molar-refractivity contribution in [2.75, 3.05) is 43.6 Å². The van der Waals surface area contributed by atoms with Crippen LogP contribution in [-0.2, 0) is 35.8 Å². The van der Waals surface area contributed by atoms with Crippen molar-refractivity contribution in [1.29, 1.82) is 0 Å². The number of benzene rings is 4. The number of hydrogen-bond acceptors (Lipinski definition) is 8. The lowest BCUT2D eigenvalue weighted by Crippen LogP contribution is -2.60. The van der Waals surface area contributed by atoms with Crippen molar-refractivity contribution in [3.63, 3.8) is 0 Å². The molecule has 4 atom stereocenters. The van der Waals surface area contributed by atoms with E-state index >= 15 is 4.39 Å². The molecule has 0 aromatic heterocycles. The van der Waals surface area contributed by atoms with E-state index in [-0.39, 0.29) is 67.2 Å². The third-order valence-electron chi connectivity index (χ3n) is 13.7. The number of allylic oxidation sites excluding steroid dienone is 1. The zero-order chi connectivity index (χ0) is 46.9. The highest BCUT2D eigenvalue weighted by Gasteiger charge is 2.72. The van der Waals surface area contributed by atoms with E-state index in [0.717, 1.165) is 24.8 Å². The molecule has 5 amide bonds. The predicted octanol–water partition coefficient (Wildman–Crippen LogP) is 6.98. The fraction of sp³-hybridized carbons (Fsp3) is 0.353. The van der Waals surface area contributed by atoms with E-state index in [1.54, 1.807) is 65.6 Å². The molecule has 0 radical (unpaired) electrons. The summed E-state index contributed by atoms with van der Waals surface area (Å²) >= 11 is 12.8. The number of hydrogen-bond donors (Lipinski definition) is 5. The van der Waals surface area contributed by atoms with E-state index in [1.807, 2.05) is 12.1 Å². The molecule has 3 fully saturated rings. The van der Waals surface area contributed by atoms with Crippen molar-refractivity contribution in [3.8, 4) is 11.8 Å². The molecule has 0 bridgehead atoms. The Hall–Kier alpha value is -6.08. The molecule has 4 heterocycles. The van der Waals surface area contributed by atoms with Crippen LogP contribution in [-0.4, -0.2) is 85.0 Å². The summed E-state index contributed by atoms with van der Waals surface area (Å²) in [5.41, 5.74) is 2.61. The largest absolute Gasteiger partial charge is 0.377 e. The van der Waals surface area contributed by atoms with Gasteiger partial charge in [-0.3, -0.25) is 29.3 Å². The maximum Gasteiger partial charge on any atom is 0.255 e. The Morgan fingerprint density at radius 1 is 0.925 bits per heavy atom. The van der Waals surface area contributed by atoms with Gasteiger partial charge in [-0.2, -0.15) is 0 Å². The van der Waals surface area contributed by atoms with Crippen LogP contribution in [0.25, 0.3) is 0 Å². The van der Waals surface area contributed by atoms with E-state index in [2.05, 4.69) is 45.0 Å². The molecular formula is C51H49Cl2FN6O7. The molecule has 4 aromatic rings. The van der Waals surface area contributed by atoms with E-state index in [9.17, 15) is 24.0 Å². The number of nitrogens with one attached hydrogen (secondary N) is 5. The van der Waals surface area contributed by atoms with Crippen molar-refractivity contribution in [3.05, 3.63) is 140 Å². The van der Waals surface area contributed by atoms with Gasteiger partial charge in [0, 0.05) is 63.3 Å². The standard InChI is InChI=1S/C51H49Cl2FN6O7/c1-30-13-20-41(46(62)56-30)60-29-37-31(8-5-10-35(37)48(60)64)9-7-24-66-26-27-67-25-23-55-45(61)32-14-17-34(18-15-32)57-47(63)44-42(36-11-6-12-39(53)43(36)54)51(50(59-44)21-3-2-4-22-50)38-19-16-33(52)28-40(38)58-49(51)65/h5-6,8,10-12,14-19,28,41-42,44,59H,1-4,13,20-27,29H2,(H,55,61)(H,56,62)(H,57,63)(H,58,65)/t41?,42-,44+,51+/m0/s1. The summed E-state index contributed by atoms with van der Waals surface area (Å²) in [6.45, 7) is 5.31. The van der Waals surface area contributed by atoms with Gasteiger partial charge in [-0.15, -0.1) is 0 Å². The van der Waals surface area contributed by atoms with E-state index in [1.165, 1.54) is 6.07 Å². The van der Waals surface area contributed by atoms with Gasteiger partial charge in [-0.05, 0) is 97.0 Å². The molecular weight excluding hydrogens is 898 g/mol. The van der Waals surface area contributed by atoms with Gasteiger partial charge in [0.05, 0.1) is 30.9 Å². The molecule has 1 aliphatic carbocycles. The molecule has 67 heavy (non-hydrogen) atoms. The highest BCUT2D eigenvalue weighted by molar-refractivity contribution is 6.31. The zero-order valence-electron chi connectivity index (χ0n) is 36.6. The van der Waals surface area contributed by atoms with Crippen molar-refractivity contribution < 1.29 is 37.8 Å². The monoisotopic (exact) mass is 946 g/mol. The second kappa shape index (κ2) is 19.3. The number of ether oxygens (including phenoxy) is 2. The summed E-state index contributed by atoms with van der Waals surface area (Å²) < 4.78 is 27.5. The summed E-state index contributed by atoms with van der Waals surface area (Å²) in [6, 6.07) is 20.1. The lowest BCUT2D eigenvalue weighted by molar-refractivity contribution is -0.126. The van der Waals surface area contributed by atoms with Crippen LogP contribution in [0.4, 0.5) is 15.8 Å². The predicted molar refractivity (Wildman–Crippen MR) is 251 cm³/mol. The average molecular weight is 948 g/mol. The molecule has 1 saturated carbocycles. The average Bonchev–Trinajstić information content (AvgIpc) is 3.91. The molecule has 346 valence electrons. The molecule has 1 unspecified atom stereocenters. The summed E-state index contributed by atoms with van der Waals surface area (Å²) in [6.07, 6.45) is 4.93. The maximum atomic E-state index is 16.2. The lowest BCUT2D eigenvalue weighted by Gasteiger charge is -2.47. The van der Waals surface area contributed by atoms with E-state index in [4.69, 9.17) is 32.7 Å². The van der Waals surface area contributed by atoms with E-state index in [0.29, 0.717) is 76.6 Å². The van der Waals surface area contributed by atoms with Gasteiger partial charge in [0.1, 0.15) is 23.9 Å². The quantitative estimate of drug-likeness (QED) is 0.0750. The number of nitrogens with zero attached hydrogens (tertiary/aromatic N) is 1. The summed E-state index contributed by atoms with van der Waals surface area (Å²) in [4.78, 5) is 69.4. The Morgan fingerprint density at radius 3 is 2.49 bits per heavy atom. The molecule has 13 nitrogen and oxygen atoms in total. The number of anilines is 2. The molecule has 2 spiro atoms. The molecule has 16 heteroatoms. The van der Waals surface area contributed by atoms with Crippen molar-refractivity contribution >= 4 is 64.1 Å². The van der Waals surface area contributed by atoms with Gasteiger partial charge in [-0.25, -0.2) is 4.39 Å². The highest BCUT2D eigenvalue weighted by atomic mass is 35.5.